The SMILES string of the molecule is CC1(C(Cl)(Cl)Cl)C=CC(=Nc2ccccc2)C=C1. The highest BCUT2D eigenvalue weighted by molar-refractivity contribution is 6.68. The molecule has 0 amide bonds. The molecule has 0 N–H and O–H groups in total. The van der Waals surface area contributed by atoms with E-state index in [2.05, 4.69) is 4.99 Å². The fraction of sp³-hybridized carbons (Fsp3) is 0.214. The number of benzene rings is 1. The monoisotopic (exact) mass is 299 g/mol. The second-order valence-electron chi connectivity index (χ2n) is 4.32. The van der Waals surface area contributed by atoms with Gasteiger partial charge >= 0.3 is 0 Å². The lowest BCUT2D eigenvalue weighted by atomic mass is 9.87. The Balaban J connectivity index is 2.23. The van der Waals surface area contributed by atoms with Crippen LogP contribution in [-0.4, -0.2) is 9.50 Å². The van der Waals surface area contributed by atoms with Crippen LogP contribution >= 0.6 is 34.8 Å². The van der Waals surface area contributed by atoms with Gasteiger partial charge < -0.3 is 0 Å². The van der Waals surface area contributed by atoms with Crippen molar-refractivity contribution >= 4 is 46.2 Å². The quantitative estimate of drug-likeness (QED) is 0.627. The first-order valence-electron chi connectivity index (χ1n) is 5.50. The standard InChI is InChI=1S/C14H12Cl3N/c1-13(14(15,16)17)9-7-12(8-10-13)18-11-5-3-2-4-6-11/h2-10H,1H3. The lowest BCUT2D eigenvalue weighted by molar-refractivity contribution is 0.565. The number of allylic oxidation sites excluding steroid dienone is 4. The maximum absolute atomic E-state index is 5.95. The van der Waals surface area contributed by atoms with E-state index in [0.29, 0.717) is 0 Å². The normalized spacial score (nSPS) is 23.2. The molecule has 0 radical (unpaired) electrons. The third-order valence-corrected chi connectivity index (χ3v) is 4.05. The van der Waals surface area contributed by atoms with E-state index in [1.165, 1.54) is 0 Å². The summed E-state index contributed by atoms with van der Waals surface area (Å²) >= 11 is 17.8. The summed E-state index contributed by atoms with van der Waals surface area (Å²) in [6.07, 6.45) is 7.47. The van der Waals surface area contributed by atoms with Crippen LogP contribution in [0.2, 0.25) is 0 Å². The molecule has 0 aliphatic heterocycles. The molecule has 0 saturated heterocycles. The lowest BCUT2D eigenvalue weighted by Crippen LogP contribution is -2.29. The molecule has 1 aromatic rings. The van der Waals surface area contributed by atoms with Crippen LogP contribution in [0, 0.1) is 5.41 Å². The molecule has 4 heteroatoms. The number of para-hydroxylation sites is 1. The molecule has 0 unspecified atom stereocenters. The van der Waals surface area contributed by atoms with Gasteiger partial charge in [-0.15, -0.1) is 0 Å². The molecule has 1 aromatic carbocycles. The molecule has 0 spiro atoms. The highest BCUT2D eigenvalue weighted by Crippen LogP contribution is 2.47. The smallest absolute Gasteiger partial charge is 0.202 e. The van der Waals surface area contributed by atoms with Crippen molar-refractivity contribution in [2.24, 2.45) is 10.4 Å². The van der Waals surface area contributed by atoms with Crippen molar-refractivity contribution in [1.82, 2.24) is 0 Å². The molecule has 1 nitrogen and oxygen atoms in total. The van der Waals surface area contributed by atoms with E-state index in [0.717, 1.165) is 11.4 Å². The zero-order valence-corrected chi connectivity index (χ0v) is 12.0. The molecular formula is C14H12Cl3N. The van der Waals surface area contributed by atoms with Gasteiger partial charge in [-0.2, -0.15) is 0 Å². The molecule has 0 saturated carbocycles. The van der Waals surface area contributed by atoms with E-state index < -0.39 is 9.21 Å². The van der Waals surface area contributed by atoms with E-state index in [1.807, 2.05) is 61.6 Å². The average Bonchev–Trinajstić information content (AvgIpc) is 2.32. The zero-order valence-electron chi connectivity index (χ0n) is 9.78. The second kappa shape index (κ2) is 5.08. The number of rotatable bonds is 1. The largest absolute Gasteiger partial charge is 0.249 e. The maximum Gasteiger partial charge on any atom is 0.202 e. The minimum atomic E-state index is -1.36. The van der Waals surface area contributed by atoms with Crippen LogP contribution in [0.25, 0.3) is 0 Å². The van der Waals surface area contributed by atoms with Crippen LogP contribution in [0.15, 0.2) is 59.6 Å². The van der Waals surface area contributed by atoms with E-state index in [-0.39, 0.29) is 0 Å². The van der Waals surface area contributed by atoms with E-state index in [1.54, 1.807) is 0 Å². The maximum atomic E-state index is 5.95. The van der Waals surface area contributed by atoms with Gasteiger partial charge in [0, 0.05) is 0 Å². The minimum Gasteiger partial charge on any atom is -0.249 e. The van der Waals surface area contributed by atoms with Gasteiger partial charge in [-0.1, -0.05) is 65.2 Å². The Kier molecular flexibility index (Phi) is 3.86. The summed E-state index contributed by atoms with van der Waals surface area (Å²) in [5.74, 6) is 0. The summed E-state index contributed by atoms with van der Waals surface area (Å²) in [5.41, 5.74) is 1.14. The summed E-state index contributed by atoms with van der Waals surface area (Å²) in [6.45, 7) is 1.87. The van der Waals surface area contributed by atoms with Crippen LogP contribution in [0.1, 0.15) is 6.92 Å². The Bertz CT molecular complexity index is 494. The Morgan fingerprint density at radius 1 is 1.00 bits per heavy atom. The first-order valence-corrected chi connectivity index (χ1v) is 6.63. The summed E-state index contributed by atoms with van der Waals surface area (Å²) in [7, 11) is 0. The number of nitrogens with zero attached hydrogens (tertiary/aromatic N) is 1. The van der Waals surface area contributed by atoms with Crippen LogP contribution in [-0.2, 0) is 0 Å². The highest BCUT2D eigenvalue weighted by Gasteiger charge is 2.41. The van der Waals surface area contributed by atoms with Crippen LogP contribution in [0.3, 0.4) is 0 Å². The first-order chi connectivity index (χ1) is 8.41. The van der Waals surface area contributed by atoms with Crippen molar-refractivity contribution in [3.05, 3.63) is 54.6 Å². The highest BCUT2D eigenvalue weighted by atomic mass is 35.6. The van der Waals surface area contributed by atoms with E-state index in [9.17, 15) is 0 Å². The third kappa shape index (κ3) is 2.97. The zero-order chi connectivity index (χ0) is 13.2. The van der Waals surface area contributed by atoms with Gasteiger partial charge in [-0.05, 0) is 31.2 Å². The van der Waals surface area contributed by atoms with Crippen molar-refractivity contribution < 1.29 is 0 Å². The average molecular weight is 301 g/mol. The molecule has 0 fully saturated rings. The molecule has 2 rings (SSSR count). The number of hydrogen-bond acceptors (Lipinski definition) is 1. The van der Waals surface area contributed by atoms with Crippen molar-refractivity contribution in [2.75, 3.05) is 0 Å². The Hall–Kier alpha value is -0.760. The van der Waals surface area contributed by atoms with Gasteiger partial charge in [0.1, 0.15) is 0 Å². The van der Waals surface area contributed by atoms with Gasteiger partial charge in [-0.3, -0.25) is 0 Å². The number of aliphatic imine (C=N–C) groups is 1. The Morgan fingerprint density at radius 3 is 2.06 bits per heavy atom. The Labute approximate surface area is 122 Å². The summed E-state index contributed by atoms with van der Waals surface area (Å²) in [4.78, 5) is 4.48. The van der Waals surface area contributed by atoms with Gasteiger partial charge in [0.25, 0.3) is 0 Å². The van der Waals surface area contributed by atoms with Gasteiger partial charge in [0.15, 0.2) is 0 Å². The van der Waals surface area contributed by atoms with E-state index in [4.69, 9.17) is 34.8 Å². The molecule has 0 aromatic heterocycles. The molecule has 94 valence electrons. The summed E-state index contributed by atoms with van der Waals surface area (Å²) < 4.78 is -1.36. The van der Waals surface area contributed by atoms with E-state index >= 15 is 0 Å². The predicted molar refractivity (Wildman–Crippen MR) is 80.2 cm³/mol. The van der Waals surface area contributed by atoms with Crippen molar-refractivity contribution in [3.8, 4) is 0 Å². The molecule has 18 heavy (non-hydrogen) atoms. The number of alkyl halides is 3. The number of hydrogen-bond donors (Lipinski definition) is 0. The number of halogens is 3. The van der Waals surface area contributed by atoms with Crippen LogP contribution in [0.4, 0.5) is 5.69 Å². The lowest BCUT2D eigenvalue weighted by Gasteiger charge is -2.31. The fourth-order valence-corrected chi connectivity index (χ4v) is 1.92. The molecule has 1 aliphatic carbocycles. The van der Waals surface area contributed by atoms with Crippen LogP contribution in [0.5, 0.6) is 0 Å². The van der Waals surface area contributed by atoms with Crippen molar-refractivity contribution in [3.63, 3.8) is 0 Å². The second-order valence-corrected chi connectivity index (χ2v) is 6.60. The predicted octanol–water partition coefficient (Wildman–Crippen LogP) is 5.26. The topological polar surface area (TPSA) is 12.4 Å². The molecule has 0 bridgehead atoms. The minimum absolute atomic E-state index is 0.604. The van der Waals surface area contributed by atoms with Crippen LogP contribution < -0.4 is 0 Å². The van der Waals surface area contributed by atoms with Gasteiger partial charge in [0.05, 0.1) is 16.8 Å². The molecule has 0 atom stereocenters. The fourth-order valence-electron chi connectivity index (χ4n) is 1.54. The molecular weight excluding hydrogens is 289 g/mol. The van der Waals surface area contributed by atoms with Gasteiger partial charge in [0.2, 0.25) is 3.79 Å². The first kappa shape index (κ1) is 13.7. The van der Waals surface area contributed by atoms with Gasteiger partial charge in [-0.25, -0.2) is 4.99 Å². The van der Waals surface area contributed by atoms with Crippen molar-refractivity contribution in [1.29, 1.82) is 0 Å². The summed E-state index contributed by atoms with van der Waals surface area (Å²) in [5, 5.41) is 0. The van der Waals surface area contributed by atoms with Crippen molar-refractivity contribution in [2.45, 2.75) is 10.7 Å². The summed E-state index contributed by atoms with van der Waals surface area (Å²) in [6, 6.07) is 9.73. The Morgan fingerprint density at radius 2 is 1.56 bits per heavy atom. The molecule has 1 aliphatic rings. The third-order valence-electron chi connectivity index (χ3n) is 2.83. The molecule has 0 heterocycles.